The van der Waals surface area contributed by atoms with E-state index in [1.165, 1.54) is 5.56 Å². The molecule has 1 amide bonds. The van der Waals surface area contributed by atoms with Crippen LogP contribution in [0.15, 0.2) is 30.3 Å². The number of nitrogens with two attached hydrogens (primary N) is 1. The fraction of sp³-hybridized carbons (Fsp3) is 0.533. The number of hydrogen-bond acceptors (Lipinski definition) is 2. The molecule has 0 aliphatic heterocycles. The maximum Gasteiger partial charge on any atom is 0.237 e. The Hall–Kier alpha value is -1.35. The van der Waals surface area contributed by atoms with Crippen molar-refractivity contribution >= 4 is 5.91 Å². The van der Waals surface area contributed by atoms with Crippen LogP contribution >= 0.6 is 0 Å². The molecule has 0 aliphatic carbocycles. The normalized spacial score (nSPS) is 12.4. The van der Waals surface area contributed by atoms with E-state index in [1.54, 1.807) is 0 Å². The van der Waals surface area contributed by atoms with Gasteiger partial charge < -0.3 is 11.1 Å². The molecule has 0 fully saturated rings. The first-order chi connectivity index (χ1) is 8.67. The lowest BCUT2D eigenvalue weighted by atomic mass is 10.0. The predicted molar refractivity (Wildman–Crippen MR) is 75.3 cm³/mol. The van der Waals surface area contributed by atoms with Gasteiger partial charge in [-0.25, -0.2) is 0 Å². The number of rotatable bonds is 7. The van der Waals surface area contributed by atoms with Gasteiger partial charge in [0.2, 0.25) is 5.91 Å². The lowest BCUT2D eigenvalue weighted by molar-refractivity contribution is -0.123. The zero-order valence-electron chi connectivity index (χ0n) is 11.4. The van der Waals surface area contributed by atoms with Crippen molar-refractivity contribution in [3.63, 3.8) is 0 Å². The average Bonchev–Trinajstić information content (AvgIpc) is 2.42. The molecule has 0 aromatic heterocycles. The van der Waals surface area contributed by atoms with Crippen LogP contribution in [-0.4, -0.2) is 18.0 Å². The third-order valence-electron chi connectivity index (χ3n) is 3.26. The van der Waals surface area contributed by atoms with Crippen molar-refractivity contribution in [2.45, 2.75) is 51.6 Å². The molecule has 0 heterocycles. The second kappa shape index (κ2) is 7.88. The van der Waals surface area contributed by atoms with Crippen molar-refractivity contribution < 1.29 is 4.79 Å². The Kier molecular flexibility index (Phi) is 6.44. The second-order valence-corrected chi connectivity index (χ2v) is 4.65. The molecule has 0 saturated carbocycles. The van der Waals surface area contributed by atoms with Gasteiger partial charge in [-0.3, -0.25) is 4.79 Å². The summed E-state index contributed by atoms with van der Waals surface area (Å²) in [4.78, 5) is 11.9. The molecule has 0 aliphatic rings. The number of benzene rings is 1. The molecular weight excluding hydrogens is 224 g/mol. The summed E-state index contributed by atoms with van der Waals surface area (Å²) in [6.07, 6.45) is 3.44. The molecule has 0 unspecified atom stereocenters. The van der Waals surface area contributed by atoms with Crippen LogP contribution in [0.25, 0.3) is 0 Å². The number of carbonyl (C=O) groups is 1. The van der Waals surface area contributed by atoms with E-state index in [0.717, 1.165) is 19.3 Å². The first kappa shape index (κ1) is 14.7. The van der Waals surface area contributed by atoms with Crippen molar-refractivity contribution in [3.8, 4) is 0 Å². The van der Waals surface area contributed by atoms with Gasteiger partial charge >= 0.3 is 0 Å². The lowest BCUT2D eigenvalue weighted by Crippen LogP contribution is -2.45. The van der Waals surface area contributed by atoms with Crippen LogP contribution in [0.2, 0.25) is 0 Å². The number of hydrogen-bond donors (Lipinski definition) is 2. The Labute approximate surface area is 110 Å². The fourth-order valence-corrected chi connectivity index (χ4v) is 1.90. The van der Waals surface area contributed by atoms with E-state index < -0.39 is 6.04 Å². The second-order valence-electron chi connectivity index (χ2n) is 4.65. The minimum atomic E-state index is -0.411. The summed E-state index contributed by atoms with van der Waals surface area (Å²) in [5.74, 6) is -0.0281. The third kappa shape index (κ3) is 4.88. The Morgan fingerprint density at radius 1 is 1.22 bits per heavy atom. The van der Waals surface area contributed by atoms with Gasteiger partial charge in [0.15, 0.2) is 0 Å². The zero-order valence-corrected chi connectivity index (χ0v) is 11.4. The lowest BCUT2D eigenvalue weighted by Gasteiger charge is -2.18. The first-order valence-corrected chi connectivity index (χ1v) is 6.77. The van der Waals surface area contributed by atoms with Crippen LogP contribution in [0.5, 0.6) is 0 Å². The van der Waals surface area contributed by atoms with Gasteiger partial charge in [0, 0.05) is 6.04 Å². The van der Waals surface area contributed by atoms with E-state index in [4.69, 9.17) is 5.73 Å². The average molecular weight is 248 g/mol. The molecule has 1 aromatic rings. The van der Waals surface area contributed by atoms with Crippen LogP contribution < -0.4 is 11.1 Å². The van der Waals surface area contributed by atoms with Crippen LogP contribution in [0.3, 0.4) is 0 Å². The molecule has 0 bridgehead atoms. The summed E-state index contributed by atoms with van der Waals surface area (Å²) in [5.41, 5.74) is 7.14. The minimum absolute atomic E-state index is 0.0281. The molecular formula is C15H24N2O. The smallest absolute Gasteiger partial charge is 0.237 e. The van der Waals surface area contributed by atoms with Gasteiger partial charge in [-0.2, -0.15) is 0 Å². The highest BCUT2D eigenvalue weighted by atomic mass is 16.2. The highest BCUT2D eigenvalue weighted by molar-refractivity contribution is 5.81. The van der Waals surface area contributed by atoms with Gasteiger partial charge in [0.25, 0.3) is 0 Å². The van der Waals surface area contributed by atoms with E-state index in [9.17, 15) is 4.79 Å². The summed E-state index contributed by atoms with van der Waals surface area (Å²) in [7, 11) is 0. The van der Waals surface area contributed by atoms with Crippen molar-refractivity contribution in [1.82, 2.24) is 5.32 Å². The number of carbonyl (C=O) groups excluding carboxylic acids is 1. The minimum Gasteiger partial charge on any atom is -0.352 e. The van der Waals surface area contributed by atoms with E-state index in [-0.39, 0.29) is 11.9 Å². The van der Waals surface area contributed by atoms with Gasteiger partial charge in [-0.1, -0.05) is 44.2 Å². The van der Waals surface area contributed by atoms with Crippen molar-refractivity contribution in [1.29, 1.82) is 0 Å². The molecule has 3 heteroatoms. The van der Waals surface area contributed by atoms with Crippen molar-refractivity contribution in [3.05, 3.63) is 35.9 Å². The van der Waals surface area contributed by atoms with E-state index in [0.29, 0.717) is 6.42 Å². The van der Waals surface area contributed by atoms with Crippen LogP contribution in [-0.2, 0) is 11.2 Å². The zero-order chi connectivity index (χ0) is 13.4. The van der Waals surface area contributed by atoms with E-state index >= 15 is 0 Å². The molecule has 18 heavy (non-hydrogen) atoms. The first-order valence-electron chi connectivity index (χ1n) is 6.77. The highest BCUT2D eigenvalue weighted by Crippen LogP contribution is 2.05. The number of aryl methyl sites for hydroxylation is 1. The Bertz CT molecular complexity index is 347. The topological polar surface area (TPSA) is 55.1 Å². The van der Waals surface area contributed by atoms with Gasteiger partial charge in [-0.15, -0.1) is 0 Å². The standard InChI is InChI=1S/C15H24N2O/c1-3-13(4-2)17-15(18)14(16)11-10-12-8-6-5-7-9-12/h5-9,13-14H,3-4,10-11,16H2,1-2H3,(H,17,18)/t14-/m0/s1. The molecule has 1 rings (SSSR count). The Morgan fingerprint density at radius 2 is 1.83 bits per heavy atom. The summed E-state index contributed by atoms with van der Waals surface area (Å²) in [6.45, 7) is 4.15. The largest absolute Gasteiger partial charge is 0.352 e. The maximum absolute atomic E-state index is 11.9. The quantitative estimate of drug-likeness (QED) is 0.777. The summed E-state index contributed by atoms with van der Waals surface area (Å²) in [6, 6.07) is 9.96. The summed E-state index contributed by atoms with van der Waals surface area (Å²) < 4.78 is 0. The SMILES string of the molecule is CCC(CC)NC(=O)[C@@H](N)CCc1ccccc1. The van der Waals surface area contributed by atoms with Gasteiger partial charge in [0.1, 0.15) is 0 Å². The third-order valence-corrected chi connectivity index (χ3v) is 3.26. The summed E-state index contributed by atoms with van der Waals surface area (Å²) in [5, 5.41) is 2.99. The monoisotopic (exact) mass is 248 g/mol. The van der Waals surface area contributed by atoms with Gasteiger partial charge in [0.05, 0.1) is 6.04 Å². The molecule has 0 saturated heterocycles. The van der Waals surface area contributed by atoms with Crippen molar-refractivity contribution in [2.24, 2.45) is 5.73 Å². The van der Waals surface area contributed by atoms with Crippen LogP contribution in [0, 0.1) is 0 Å². The van der Waals surface area contributed by atoms with Crippen molar-refractivity contribution in [2.75, 3.05) is 0 Å². The highest BCUT2D eigenvalue weighted by Gasteiger charge is 2.15. The van der Waals surface area contributed by atoms with Crippen LogP contribution in [0.4, 0.5) is 0 Å². The van der Waals surface area contributed by atoms with E-state index in [1.807, 2.05) is 18.2 Å². The molecule has 1 aromatic carbocycles. The molecule has 3 N–H and O–H groups in total. The fourth-order valence-electron chi connectivity index (χ4n) is 1.90. The molecule has 100 valence electrons. The molecule has 0 radical (unpaired) electrons. The Balaban J connectivity index is 2.36. The molecule has 3 nitrogen and oxygen atoms in total. The summed E-state index contributed by atoms with van der Waals surface area (Å²) >= 11 is 0. The van der Waals surface area contributed by atoms with Crippen LogP contribution in [0.1, 0.15) is 38.7 Å². The number of amides is 1. The molecule has 1 atom stereocenters. The Morgan fingerprint density at radius 3 is 2.39 bits per heavy atom. The molecule has 0 spiro atoms. The number of nitrogens with one attached hydrogen (secondary N) is 1. The van der Waals surface area contributed by atoms with E-state index in [2.05, 4.69) is 31.3 Å². The predicted octanol–water partition coefficient (Wildman–Crippen LogP) is 2.25. The maximum atomic E-state index is 11.9. The van der Waals surface area contributed by atoms with Gasteiger partial charge in [-0.05, 0) is 31.2 Å².